The Morgan fingerprint density at radius 2 is 1.83 bits per heavy atom. The molecule has 1 aromatic carbocycles. The van der Waals surface area contributed by atoms with Gasteiger partial charge in [0, 0.05) is 19.1 Å². The molecule has 24 heavy (non-hydrogen) atoms. The van der Waals surface area contributed by atoms with E-state index in [4.69, 9.17) is 0 Å². The van der Waals surface area contributed by atoms with Crippen LogP contribution in [0, 0.1) is 5.92 Å². The second-order valence-corrected chi connectivity index (χ2v) is 7.59. The van der Waals surface area contributed by atoms with Crippen molar-refractivity contribution in [2.75, 3.05) is 19.6 Å². The predicted molar refractivity (Wildman–Crippen MR) is 99.7 cm³/mol. The molecule has 1 atom stereocenters. The van der Waals surface area contributed by atoms with E-state index in [-0.39, 0.29) is 18.3 Å². The molecular formula is C20H29ClN2O. The lowest BCUT2D eigenvalue weighted by molar-refractivity contribution is -0.134. The first-order chi connectivity index (χ1) is 11.3. The number of rotatable bonds is 4. The van der Waals surface area contributed by atoms with E-state index in [0.717, 1.165) is 51.1 Å². The van der Waals surface area contributed by atoms with Gasteiger partial charge in [0.15, 0.2) is 0 Å². The molecule has 3 aliphatic rings. The molecule has 1 aromatic rings. The summed E-state index contributed by atoms with van der Waals surface area (Å²) in [5.41, 5.74) is 2.68. The van der Waals surface area contributed by atoms with Gasteiger partial charge in [-0.1, -0.05) is 24.3 Å². The van der Waals surface area contributed by atoms with Crippen LogP contribution in [0.5, 0.6) is 0 Å². The van der Waals surface area contributed by atoms with E-state index in [1.807, 2.05) is 0 Å². The molecule has 4 heteroatoms. The van der Waals surface area contributed by atoms with Gasteiger partial charge in [0.2, 0.25) is 5.91 Å². The summed E-state index contributed by atoms with van der Waals surface area (Å²) in [7, 11) is 0. The molecule has 1 unspecified atom stereocenters. The minimum Gasteiger partial charge on any atom is -0.342 e. The first-order valence-electron chi connectivity index (χ1n) is 9.41. The molecule has 4 rings (SSSR count). The first kappa shape index (κ1) is 17.8. The van der Waals surface area contributed by atoms with Crippen LogP contribution in [0.3, 0.4) is 0 Å². The van der Waals surface area contributed by atoms with Crippen LogP contribution in [-0.2, 0) is 11.2 Å². The summed E-state index contributed by atoms with van der Waals surface area (Å²) in [6.45, 7) is 3.05. The number of nitrogens with one attached hydrogen (secondary N) is 1. The average Bonchev–Trinajstić information content (AvgIpc) is 3.44. The van der Waals surface area contributed by atoms with Gasteiger partial charge in [0.25, 0.3) is 0 Å². The van der Waals surface area contributed by atoms with Gasteiger partial charge in [0.1, 0.15) is 0 Å². The number of benzene rings is 1. The molecule has 0 spiro atoms. The van der Waals surface area contributed by atoms with Gasteiger partial charge >= 0.3 is 0 Å². The van der Waals surface area contributed by atoms with Crippen molar-refractivity contribution in [3.05, 3.63) is 35.4 Å². The molecule has 1 amide bonds. The Morgan fingerprint density at radius 3 is 2.58 bits per heavy atom. The molecular weight excluding hydrogens is 320 g/mol. The maximum atomic E-state index is 13.0. The fourth-order valence-electron chi connectivity index (χ4n) is 4.19. The highest BCUT2D eigenvalue weighted by Crippen LogP contribution is 2.33. The summed E-state index contributed by atoms with van der Waals surface area (Å²) in [6.07, 6.45) is 8.35. The van der Waals surface area contributed by atoms with E-state index in [1.54, 1.807) is 0 Å². The van der Waals surface area contributed by atoms with E-state index in [9.17, 15) is 4.79 Å². The molecule has 1 heterocycles. The Kier molecular flexibility index (Phi) is 5.83. The molecule has 2 aliphatic carbocycles. The van der Waals surface area contributed by atoms with Gasteiger partial charge < -0.3 is 10.2 Å². The van der Waals surface area contributed by atoms with Crippen LogP contribution in [0.25, 0.3) is 0 Å². The Morgan fingerprint density at radius 1 is 1.08 bits per heavy atom. The van der Waals surface area contributed by atoms with Crippen molar-refractivity contribution >= 4 is 18.3 Å². The van der Waals surface area contributed by atoms with Crippen LogP contribution in [0.1, 0.15) is 55.6 Å². The Balaban J connectivity index is 0.00000169. The highest BCUT2D eigenvalue weighted by atomic mass is 35.5. The number of nitrogens with zero attached hydrogens (tertiary/aromatic N) is 1. The van der Waals surface area contributed by atoms with Crippen molar-refractivity contribution in [3.63, 3.8) is 0 Å². The predicted octanol–water partition coefficient (Wildman–Crippen LogP) is 3.52. The molecule has 1 aliphatic heterocycles. The third-order valence-corrected chi connectivity index (χ3v) is 5.87. The fraction of sp³-hybridized carbons (Fsp3) is 0.650. The molecule has 0 aromatic heterocycles. The lowest BCUT2D eigenvalue weighted by atomic mass is 9.82. The van der Waals surface area contributed by atoms with Crippen molar-refractivity contribution in [1.82, 2.24) is 10.2 Å². The molecule has 132 valence electrons. The molecule has 0 bridgehead atoms. The monoisotopic (exact) mass is 348 g/mol. The molecule has 1 N–H and O–H groups in total. The maximum Gasteiger partial charge on any atom is 0.230 e. The summed E-state index contributed by atoms with van der Waals surface area (Å²) in [5.74, 6) is 1.42. The number of carbonyl (C=O) groups is 1. The van der Waals surface area contributed by atoms with Gasteiger partial charge in [-0.25, -0.2) is 0 Å². The number of hydrogen-bond acceptors (Lipinski definition) is 2. The number of halogens is 1. The number of aryl methyl sites for hydroxylation is 1. The molecule has 0 radical (unpaired) electrons. The highest BCUT2D eigenvalue weighted by Gasteiger charge is 2.32. The van der Waals surface area contributed by atoms with E-state index in [0.29, 0.717) is 11.9 Å². The van der Waals surface area contributed by atoms with Crippen molar-refractivity contribution < 1.29 is 4.79 Å². The number of piperidine rings is 1. The van der Waals surface area contributed by atoms with Gasteiger partial charge in [-0.15, -0.1) is 12.4 Å². The van der Waals surface area contributed by atoms with E-state index >= 15 is 0 Å². The van der Waals surface area contributed by atoms with Crippen LogP contribution in [-0.4, -0.2) is 36.5 Å². The van der Waals surface area contributed by atoms with Crippen molar-refractivity contribution in [3.8, 4) is 0 Å². The third-order valence-electron chi connectivity index (χ3n) is 5.87. The van der Waals surface area contributed by atoms with Crippen molar-refractivity contribution in [1.29, 1.82) is 0 Å². The van der Waals surface area contributed by atoms with Gasteiger partial charge in [-0.05, 0) is 68.5 Å². The number of fused-ring (bicyclic) bond motifs is 1. The minimum atomic E-state index is 0. The largest absolute Gasteiger partial charge is 0.342 e. The van der Waals surface area contributed by atoms with E-state index in [1.165, 1.54) is 30.5 Å². The summed E-state index contributed by atoms with van der Waals surface area (Å²) in [6, 6.07) is 9.17. The first-order valence-corrected chi connectivity index (χ1v) is 9.41. The van der Waals surface area contributed by atoms with Crippen LogP contribution in [0.15, 0.2) is 24.3 Å². The third kappa shape index (κ3) is 3.94. The zero-order valence-corrected chi connectivity index (χ0v) is 15.2. The summed E-state index contributed by atoms with van der Waals surface area (Å²) >= 11 is 0. The van der Waals surface area contributed by atoms with Crippen LogP contribution >= 0.6 is 12.4 Å². The van der Waals surface area contributed by atoms with Crippen LogP contribution in [0.4, 0.5) is 0 Å². The van der Waals surface area contributed by atoms with Gasteiger partial charge in [-0.2, -0.15) is 0 Å². The van der Waals surface area contributed by atoms with E-state index < -0.39 is 0 Å². The fourth-order valence-corrected chi connectivity index (χ4v) is 4.19. The zero-order valence-electron chi connectivity index (χ0n) is 14.4. The average molecular weight is 349 g/mol. The van der Waals surface area contributed by atoms with Gasteiger partial charge in [-0.3, -0.25) is 4.79 Å². The van der Waals surface area contributed by atoms with Gasteiger partial charge in [0.05, 0.1) is 5.92 Å². The van der Waals surface area contributed by atoms with Crippen LogP contribution < -0.4 is 5.32 Å². The smallest absolute Gasteiger partial charge is 0.230 e. The molecule has 2 fully saturated rings. The number of hydrogen-bond donors (Lipinski definition) is 1. The number of likely N-dealkylation sites (tertiary alicyclic amines) is 1. The Hall–Kier alpha value is -1.06. The summed E-state index contributed by atoms with van der Waals surface area (Å²) < 4.78 is 0. The molecule has 1 saturated heterocycles. The summed E-state index contributed by atoms with van der Waals surface area (Å²) in [5, 5.41) is 3.70. The maximum absolute atomic E-state index is 13.0. The lowest BCUT2D eigenvalue weighted by Crippen LogP contribution is -2.47. The topological polar surface area (TPSA) is 32.3 Å². The molecule has 1 saturated carbocycles. The van der Waals surface area contributed by atoms with E-state index in [2.05, 4.69) is 34.5 Å². The zero-order chi connectivity index (χ0) is 15.6. The number of amides is 1. The summed E-state index contributed by atoms with van der Waals surface area (Å²) in [4.78, 5) is 15.1. The van der Waals surface area contributed by atoms with Crippen molar-refractivity contribution in [2.45, 2.75) is 56.9 Å². The second-order valence-electron chi connectivity index (χ2n) is 7.59. The van der Waals surface area contributed by atoms with Crippen LogP contribution in [0.2, 0.25) is 0 Å². The number of carbonyl (C=O) groups excluding carboxylic acids is 1. The van der Waals surface area contributed by atoms with Crippen molar-refractivity contribution in [2.24, 2.45) is 5.92 Å². The second kappa shape index (κ2) is 7.88. The highest BCUT2D eigenvalue weighted by molar-refractivity contribution is 5.85. The molecule has 3 nitrogen and oxygen atoms in total. The standard InChI is InChI=1S/C20H28N2O.ClH/c23-20(19-7-3-5-16-4-1-2-6-18(16)19)22-12-10-17(11-13-22)21-14-15-8-9-15;/h1-2,4,6,15,17,19,21H,3,5,7-14H2;1H. The Labute approximate surface area is 151 Å². The SMILES string of the molecule is Cl.O=C(C1CCCc2ccccc21)N1CCC(NCC2CC2)CC1. The Bertz CT molecular complexity index is 565. The normalized spacial score (nSPS) is 24.2. The lowest BCUT2D eigenvalue weighted by Gasteiger charge is -2.36. The minimum absolute atomic E-state index is 0. The quantitative estimate of drug-likeness (QED) is 0.902.